The summed E-state index contributed by atoms with van der Waals surface area (Å²) in [5.41, 5.74) is 11.0. The average Bonchev–Trinajstić information content (AvgIpc) is 2.55. The number of nitrogens with two attached hydrogens (primary N) is 2. The summed E-state index contributed by atoms with van der Waals surface area (Å²) >= 11 is 0. The third-order valence-electron chi connectivity index (χ3n) is 2.82. The smallest absolute Gasteiger partial charge is 0.225 e. The van der Waals surface area contributed by atoms with Crippen molar-refractivity contribution >= 4 is 17.7 Å². The third kappa shape index (κ3) is 2.61. The highest BCUT2D eigenvalue weighted by atomic mass is 15.3. The second-order valence-electron chi connectivity index (χ2n) is 4.15. The average molecular weight is 235 g/mol. The molecule has 1 aliphatic heterocycles. The Hall–Kier alpha value is -1.92. The predicted molar refractivity (Wildman–Crippen MR) is 66.5 cm³/mol. The Bertz CT molecular complexity index is 422. The van der Waals surface area contributed by atoms with Crippen LogP contribution in [0.4, 0.5) is 11.9 Å². The van der Waals surface area contributed by atoms with Crippen molar-refractivity contribution in [1.29, 1.82) is 0 Å². The third-order valence-corrected chi connectivity index (χ3v) is 2.82. The van der Waals surface area contributed by atoms with E-state index in [9.17, 15) is 0 Å². The first-order chi connectivity index (χ1) is 8.06. The van der Waals surface area contributed by atoms with Crippen LogP contribution in [0.1, 0.15) is 19.7 Å². The van der Waals surface area contributed by atoms with Gasteiger partial charge in [0.15, 0.2) is 0 Å². The van der Waals surface area contributed by atoms with Crippen LogP contribution in [0.15, 0.2) is 4.99 Å². The summed E-state index contributed by atoms with van der Waals surface area (Å²) in [5, 5.41) is 0. The molecule has 0 aromatic carbocycles. The molecular weight excluding hydrogens is 218 g/mol. The fraction of sp³-hybridized carbons (Fsp3) is 0.600. The number of nitrogens with zero attached hydrogens (tertiary/aromatic N) is 5. The molecule has 0 fully saturated rings. The molecule has 1 unspecified atom stereocenters. The fourth-order valence-electron chi connectivity index (χ4n) is 1.94. The summed E-state index contributed by atoms with van der Waals surface area (Å²) in [7, 11) is 0. The van der Waals surface area contributed by atoms with E-state index in [1.807, 2.05) is 6.92 Å². The number of aliphatic imine (C=N–C) groups is 1. The molecule has 4 N–H and O–H groups in total. The predicted octanol–water partition coefficient (Wildman–Crippen LogP) is -0.299. The molecule has 2 heterocycles. The van der Waals surface area contributed by atoms with E-state index < -0.39 is 0 Å². The van der Waals surface area contributed by atoms with Crippen LogP contribution in [0.25, 0.3) is 0 Å². The topological polar surface area (TPSA) is 106 Å². The van der Waals surface area contributed by atoms with Gasteiger partial charge in [-0.05, 0) is 13.8 Å². The SMILES string of the molecule is CC1=NCC(C)N1CCc1nc(N)nc(N)n1. The molecule has 2 rings (SSSR count). The van der Waals surface area contributed by atoms with Crippen LogP contribution in [-0.4, -0.2) is 44.8 Å². The van der Waals surface area contributed by atoms with E-state index in [1.54, 1.807) is 0 Å². The van der Waals surface area contributed by atoms with Crippen LogP contribution in [-0.2, 0) is 6.42 Å². The summed E-state index contributed by atoms with van der Waals surface area (Å²) in [6.45, 7) is 5.84. The zero-order valence-corrected chi connectivity index (χ0v) is 10.1. The molecule has 0 radical (unpaired) electrons. The van der Waals surface area contributed by atoms with Crippen molar-refractivity contribution in [2.24, 2.45) is 4.99 Å². The minimum atomic E-state index is 0.173. The standard InChI is InChI=1S/C10H17N7/c1-6-5-13-7(2)17(6)4-3-8-14-9(11)16-10(12)15-8/h6H,3-5H2,1-2H3,(H4,11,12,14,15,16). The summed E-state index contributed by atoms with van der Waals surface area (Å²) in [5.74, 6) is 2.04. The lowest BCUT2D eigenvalue weighted by atomic mass is 10.2. The Kier molecular flexibility index (Phi) is 3.08. The lowest BCUT2D eigenvalue weighted by Gasteiger charge is -2.23. The van der Waals surface area contributed by atoms with E-state index in [-0.39, 0.29) is 11.9 Å². The number of amidine groups is 1. The Morgan fingerprint density at radius 3 is 2.41 bits per heavy atom. The van der Waals surface area contributed by atoms with Gasteiger partial charge in [0.1, 0.15) is 5.82 Å². The Morgan fingerprint density at radius 2 is 1.88 bits per heavy atom. The van der Waals surface area contributed by atoms with E-state index in [2.05, 4.69) is 31.8 Å². The van der Waals surface area contributed by atoms with E-state index >= 15 is 0 Å². The summed E-state index contributed by atoms with van der Waals surface area (Å²) in [6, 6.07) is 0.437. The molecule has 0 saturated carbocycles. The largest absolute Gasteiger partial charge is 0.368 e. The maximum atomic E-state index is 5.52. The molecule has 1 aliphatic rings. The summed E-state index contributed by atoms with van der Waals surface area (Å²) < 4.78 is 0. The number of aromatic nitrogens is 3. The molecule has 0 bridgehead atoms. The highest BCUT2D eigenvalue weighted by molar-refractivity contribution is 5.81. The van der Waals surface area contributed by atoms with Crippen LogP contribution in [0.2, 0.25) is 0 Å². The van der Waals surface area contributed by atoms with Gasteiger partial charge in [0.05, 0.1) is 12.4 Å². The number of anilines is 2. The molecule has 1 aromatic rings. The van der Waals surface area contributed by atoms with Crippen molar-refractivity contribution < 1.29 is 0 Å². The van der Waals surface area contributed by atoms with E-state index in [0.717, 1.165) is 18.9 Å². The van der Waals surface area contributed by atoms with Gasteiger partial charge in [-0.2, -0.15) is 15.0 Å². The Balaban J connectivity index is 2.00. The van der Waals surface area contributed by atoms with Crippen molar-refractivity contribution in [3.05, 3.63) is 5.82 Å². The molecule has 1 aromatic heterocycles. The van der Waals surface area contributed by atoms with Crippen molar-refractivity contribution in [1.82, 2.24) is 19.9 Å². The maximum absolute atomic E-state index is 5.52. The minimum Gasteiger partial charge on any atom is -0.368 e. The zero-order valence-electron chi connectivity index (χ0n) is 10.1. The van der Waals surface area contributed by atoms with Gasteiger partial charge in [0.2, 0.25) is 11.9 Å². The van der Waals surface area contributed by atoms with Crippen molar-refractivity contribution in [2.45, 2.75) is 26.3 Å². The monoisotopic (exact) mass is 235 g/mol. The quantitative estimate of drug-likeness (QED) is 0.745. The first kappa shape index (κ1) is 11.6. The molecular formula is C10H17N7. The molecule has 7 nitrogen and oxygen atoms in total. The zero-order chi connectivity index (χ0) is 12.4. The molecule has 0 aliphatic carbocycles. The molecule has 17 heavy (non-hydrogen) atoms. The second-order valence-corrected chi connectivity index (χ2v) is 4.15. The number of hydrogen-bond acceptors (Lipinski definition) is 7. The Morgan fingerprint density at radius 1 is 1.24 bits per heavy atom. The van der Waals surface area contributed by atoms with Gasteiger partial charge >= 0.3 is 0 Å². The van der Waals surface area contributed by atoms with Gasteiger partial charge in [0.25, 0.3) is 0 Å². The summed E-state index contributed by atoms with van der Waals surface area (Å²) in [4.78, 5) is 18.5. The molecule has 0 spiro atoms. The van der Waals surface area contributed by atoms with E-state index in [1.165, 1.54) is 0 Å². The summed E-state index contributed by atoms with van der Waals surface area (Å²) in [6.07, 6.45) is 0.689. The molecule has 7 heteroatoms. The van der Waals surface area contributed by atoms with Gasteiger partial charge in [-0.15, -0.1) is 0 Å². The highest BCUT2D eigenvalue weighted by Crippen LogP contribution is 2.10. The number of hydrogen-bond donors (Lipinski definition) is 2. The molecule has 0 saturated heterocycles. The molecule has 1 atom stereocenters. The lowest BCUT2D eigenvalue weighted by molar-refractivity contribution is 0.363. The number of nitrogen functional groups attached to an aromatic ring is 2. The molecule has 0 amide bonds. The van der Waals surface area contributed by atoms with Crippen molar-refractivity contribution in [2.75, 3.05) is 24.6 Å². The van der Waals surface area contributed by atoms with Gasteiger partial charge in [-0.25, -0.2) is 0 Å². The highest BCUT2D eigenvalue weighted by Gasteiger charge is 2.20. The van der Waals surface area contributed by atoms with Crippen molar-refractivity contribution in [3.8, 4) is 0 Å². The van der Waals surface area contributed by atoms with E-state index in [4.69, 9.17) is 11.5 Å². The van der Waals surface area contributed by atoms with Crippen LogP contribution >= 0.6 is 0 Å². The minimum absolute atomic E-state index is 0.173. The number of rotatable bonds is 3. The van der Waals surface area contributed by atoms with Gasteiger partial charge < -0.3 is 16.4 Å². The van der Waals surface area contributed by atoms with Gasteiger partial charge in [0, 0.05) is 19.0 Å². The van der Waals surface area contributed by atoms with Gasteiger partial charge in [-0.3, -0.25) is 4.99 Å². The Labute approximate surface area is 100.0 Å². The maximum Gasteiger partial charge on any atom is 0.225 e. The van der Waals surface area contributed by atoms with Crippen molar-refractivity contribution in [3.63, 3.8) is 0 Å². The first-order valence-electron chi connectivity index (χ1n) is 5.60. The van der Waals surface area contributed by atoms with Crippen LogP contribution in [0, 0.1) is 0 Å². The van der Waals surface area contributed by atoms with Crippen LogP contribution < -0.4 is 11.5 Å². The molecule has 92 valence electrons. The van der Waals surface area contributed by atoms with Crippen LogP contribution in [0.5, 0.6) is 0 Å². The lowest BCUT2D eigenvalue weighted by Crippen LogP contribution is -2.35. The van der Waals surface area contributed by atoms with Crippen LogP contribution in [0.3, 0.4) is 0 Å². The van der Waals surface area contributed by atoms with E-state index in [0.29, 0.717) is 18.3 Å². The van der Waals surface area contributed by atoms with Gasteiger partial charge in [-0.1, -0.05) is 0 Å². The fourth-order valence-corrected chi connectivity index (χ4v) is 1.94. The first-order valence-corrected chi connectivity index (χ1v) is 5.60. The normalized spacial score (nSPS) is 19.5. The second kappa shape index (κ2) is 4.52.